The van der Waals surface area contributed by atoms with E-state index < -0.39 is 0 Å². The van der Waals surface area contributed by atoms with Crippen molar-refractivity contribution in [2.24, 2.45) is 5.92 Å². The molecule has 0 aromatic rings. The molecule has 0 unspecified atom stereocenters. The predicted molar refractivity (Wildman–Crippen MR) is 78.8 cm³/mol. The van der Waals surface area contributed by atoms with E-state index in [0.29, 0.717) is 5.78 Å². The van der Waals surface area contributed by atoms with Gasteiger partial charge in [-0.25, -0.2) is 0 Å². The highest BCUT2D eigenvalue weighted by Crippen LogP contribution is 2.26. The molecule has 0 aromatic heterocycles. The van der Waals surface area contributed by atoms with Gasteiger partial charge in [0.1, 0.15) is 5.78 Å². The predicted octanol–water partition coefficient (Wildman–Crippen LogP) is 5.67. The number of carbonyl (C=O) groups is 1. The second kappa shape index (κ2) is 10.6. The van der Waals surface area contributed by atoms with Crippen LogP contribution in [0.5, 0.6) is 0 Å². The second-order valence-electron chi connectivity index (χ2n) is 6.12. The lowest BCUT2D eigenvalue weighted by atomic mass is 9.92. The first kappa shape index (κ1) is 15.7. The number of Topliss-reactive ketones (excluding diaryl/α,β-unsaturated/α-hetero) is 1. The molecule has 0 N–H and O–H groups in total. The van der Waals surface area contributed by atoms with Gasteiger partial charge in [0, 0.05) is 12.8 Å². The summed E-state index contributed by atoms with van der Waals surface area (Å²) in [6.45, 7) is 2.25. The van der Waals surface area contributed by atoms with Crippen LogP contribution in [0.1, 0.15) is 96.8 Å². The van der Waals surface area contributed by atoms with Gasteiger partial charge in [0.2, 0.25) is 0 Å². The fraction of sp³-hybridized carbons (Fsp3) is 0.941. The van der Waals surface area contributed by atoms with Crippen LogP contribution in [0.15, 0.2) is 0 Å². The first-order valence-corrected chi connectivity index (χ1v) is 8.34. The van der Waals surface area contributed by atoms with Crippen molar-refractivity contribution in [1.82, 2.24) is 0 Å². The third-order valence-corrected chi connectivity index (χ3v) is 4.30. The Balaban J connectivity index is 1.98. The first-order chi connectivity index (χ1) is 8.83. The number of ketones is 1. The fourth-order valence-electron chi connectivity index (χ4n) is 3.09. The summed E-state index contributed by atoms with van der Waals surface area (Å²) in [6.07, 6.45) is 17.6. The highest BCUT2D eigenvalue weighted by molar-refractivity contribution is 5.78. The molecule has 0 heterocycles. The van der Waals surface area contributed by atoms with Crippen LogP contribution in [0.3, 0.4) is 0 Å². The molecule has 0 aromatic carbocycles. The van der Waals surface area contributed by atoms with Gasteiger partial charge < -0.3 is 0 Å². The van der Waals surface area contributed by atoms with Crippen molar-refractivity contribution in [3.63, 3.8) is 0 Å². The SMILES string of the molecule is CCCCCCCCC(=O)CC1CCCCCC1. The molecule has 0 atom stereocenters. The molecule has 1 rings (SSSR count). The third-order valence-electron chi connectivity index (χ3n) is 4.30. The molecule has 0 saturated heterocycles. The Labute approximate surface area is 114 Å². The van der Waals surface area contributed by atoms with Crippen molar-refractivity contribution < 1.29 is 4.79 Å². The number of carbonyl (C=O) groups excluding carboxylic acids is 1. The van der Waals surface area contributed by atoms with Gasteiger partial charge in [0.15, 0.2) is 0 Å². The first-order valence-electron chi connectivity index (χ1n) is 8.34. The normalized spacial score (nSPS) is 17.6. The number of rotatable bonds is 9. The Morgan fingerprint density at radius 1 is 0.889 bits per heavy atom. The summed E-state index contributed by atoms with van der Waals surface area (Å²) in [4.78, 5) is 11.9. The van der Waals surface area contributed by atoms with E-state index in [9.17, 15) is 4.79 Å². The molecule has 0 aliphatic heterocycles. The molecule has 0 radical (unpaired) electrons. The Kier molecular flexibility index (Phi) is 9.24. The summed E-state index contributed by atoms with van der Waals surface area (Å²) in [5.74, 6) is 1.26. The number of hydrogen-bond donors (Lipinski definition) is 0. The summed E-state index contributed by atoms with van der Waals surface area (Å²) < 4.78 is 0. The topological polar surface area (TPSA) is 17.1 Å². The van der Waals surface area contributed by atoms with Gasteiger partial charge in [0.25, 0.3) is 0 Å². The summed E-state index contributed by atoms with van der Waals surface area (Å²) in [5.41, 5.74) is 0. The smallest absolute Gasteiger partial charge is 0.133 e. The van der Waals surface area contributed by atoms with Crippen molar-refractivity contribution in [1.29, 1.82) is 0 Å². The van der Waals surface area contributed by atoms with Gasteiger partial charge in [-0.2, -0.15) is 0 Å². The zero-order valence-corrected chi connectivity index (χ0v) is 12.4. The van der Waals surface area contributed by atoms with E-state index >= 15 is 0 Å². The molecule has 1 nitrogen and oxygen atoms in total. The number of hydrogen-bond acceptors (Lipinski definition) is 1. The van der Waals surface area contributed by atoms with E-state index in [0.717, 1.165) is 25.2 Å². The zero-order valence-electron chi connectivity index (χ0n) is 12.4. The Morgan fingerprint density at radius 2 is 1.50 bits per heavy atom. The fourth-order valence-corrected chi connectivity index (χ4v) is 3.09. The van der Waals surface area contributed by atoms with Crippen molar-refractivity contribution in [2.75, 3.05) is 0 Å². The van der Waals surface area contributed by atoms with E-state index in [1.54, 1.807) is 0 Å². The van der Waals surface area contributed by atoms with Crippen LogP contribution < -0.4 is 0 Å². The second-order valence-corrected chi connectivity index (χ2v) is 6.12. The van der Waals surface area contributed by atoms with Gasteiger partial charge in [0.05, 0.1) is 0 Å². The minimum atomic E-state index is 0.539. The summed E-state index contributed by atoms with van der Waals surface area (Å²) in [6, 6.07) is 0. The minimum Gasteiger partial charge on any atom is -0.300 e. The molecular formula is C17H32O. The van der Waals surface area contributed by atoms with Gasteiger partial charge in [-0.3, -0.25) is 4.79 Å². The van der Waals surface area contributed by atoms with E-state index in [2.05, 4.69) is 6.92 Å². The lowest BCUT2D eigenvalue weighted by Gasteiger charge is -2.12. The average Bonchev–Trinajstić information content (AvgIpc) is 2.62. The molecule has 18 heavy (non-hydrogen) atoms. The quantitative estimate of drug-likeness (QED) is 0.382. The van der Waals surface area contributed by atoms with E-state index in [1.807, 2.05) is 0 Å². The van der Waals surface area contributed by atoms with Gasteiger partial charge in [-0.1, -0.05) is 77.6 Å². The largest absolute Gasteiger partial charge is 0.300 e. The van der Waals surface area contributed by atoms with Crippen LogP contribution in [0.2, 0.25) is 0 Å². The standard InChI is InChI=1S/C17H32O/c1-2-3-4-5-6-11-14-17(18)15-16-12-9-7-8-10-13-16/h16H,2-15H2,1H3. The zero-order chi connectivity index (χ0) is 13.1. The van der Waals surface area contributed by atoms with Crippen molar-refractivity contribution >= 4 is 5.78 Å². The van der Waals surface area contributed by atoms with Crippen molar-refractivity contribution in [2.45, 2.75) is 96.8 Å². The number of unbranched alkanes of at least 4 members (excludes halogenated alkanes) is 5. The van der Waals surface area contributed by atoms with E-state index in [-0.39, 0.29) is 0 Å². The van der Waals surface area contributed by atoms with Gasteiger partial charge in [-0.05, 0) is 12.3 Å². The highest BCUT2D eigenvalue weighted by atomic mass is 16.1. The molecule has 0 amide bonds. The summed E-state index contributed by atoms with van der Waals surface area (Å²) >= 11 is 0. The third kappa shape index (κ3) is 7.89. The van der Waals surface area contributed by atoms with Crippen molar-refractivity contribution in [3.05, 3.63) is 0 Å². The van der Waals surface area contributed by atoms with E-state index in [1.165, 1.54) is 70.6 Å². The van der Waals surface area contributed by atoms with Gasteiger partial charge in [-0.15, -0.1) is 0 Å². The summed E-state index contributed by atoms with van der Waals surface area (Å²) in [7, 11) is 0. The average molecular weight is 252 g/mol. The Bertz CT molecular complexity index is 202. The molecule has 106 valence electrons. The Hall–Kier alpha value is -0.330. The maximum Gasteiger partial charge on any atom is 0.133 e. The van der Waals surface area contributed by atoms with Crippen LogP contribution in [0.4, 0.5) is 0 Å². The monoisotopic (exact) mass is 252 g/mol. The maximum atomic E-state index is 11.9. The summed E-state index contributed by atoms with van der Waals surface area (Å²) in [5, 5.41) is 0. The Morgan fingerprint density at radius 3 is 2.17 bits per heavy atom. The minimum absolute atomic E-state index is 0.539. The maximum absolute atomic E-state index is 11.9. The molecule has 1 aliphatic carbocycles. The molecule has 1 saturated carbocycles. The van der Waals surface area contributed by atoms with E-state index in [4.69, 9.17) is 0 Å². The van der Waals surface area contributed by atoms with Crippen molar-refractivity contribution in [3.8, 4) is 0 Å². The van der Waals surface area contributed by atoms with Crippen LogP contribution in [-0.4, -0.2) is 5.78 Å². The van der Waals surface area contributed by atoms with Crippen LogP contribution in [0.25, 0.3) is 0 Å². The van der Waals surface area contributed by atoms with Gasteiger partial charge >= 0.3 is 0 Å². The molecule has 0 bridgehead atoms. The molecule has 1 fully saturated rings. The molecule has 0 spiro atoms. The lowest BCUT2D eigenvalue weighted by molar-refractivity contribution is -0.120. The molecule has 1 heteroatoms. The molecular weight excluding hydrogens is 220 g/mol. The van der Waals surface area contributed by atoms with Crippen LogP contribution >= 0.6 is 0 Å². The molecule has 1 aliphatic rings. The highest BCUT2D eigenvalue weighted by Gasteiger charge is 2.15. The van der Waals surface area contributed by atoms with Crippen LogP contribution in [-0.2, 0) is 4.79 Å². The van der Waals surface area contributed by atoms with Crippen LogP contribution in [0, 0.1) is 5.92 Å². The lowest BCUT2D eigenvalue weighted by Crippen LogP contribution is -2.07.